The number of hydrogen-bond donors (Lipinski definition) is 1. The van der Waals surface area contributed by atoms with Gasteiger partial charge in [-0.3, -0.25) is 0 Å². The summed E-state index contributed by atoms with van der Waals surface area (Å²) in [5.74, 6) is 0. The molecule has 0 saturated carbocycles. The normalized spacial score (nSPS) is 9.56. The van der Waals surface area contributed by atoms with Crippen molar-refractivity contribution in [3.63, 3.8) is 0 Å². The molecule has 0 aliphatic rings. The maximum Gasteiger partial charge on any atom is 0.109 e. The first-order valence-electron chi connectivity index (χ1n) is 2.72. The minimum atomic E-state index is 0.780. The molecule has 0 aliphatic heterocycles. The summed E-state index contributed by atoms with van der Waals surface area (Å²) >= 11 is 4.95. The van der Waals surface area contributed by atoms with E-state index in [0.717, 1.165) is 15.9 Å². The zero-order valence-electron chi connectivity index (χ0n) is 5.43. The van der Waals surface area contributed by atoms with Gasteiger partial charge in [0.15, 0.2) is 0 Å². The number of nitrogens with zero attached hydrogens (tertiary/aromatic N) is 1. The lowest BCUT2D eigenvalue weighted by atomic mass is 10.3. The zero-order chi connectivity index (χ0) is 6.85. The Labute approximate surface area is 59.0 Å². The van der Waals surface area contributed by atoms with Gasteiger partial charge in [0.1, 0.15) is 4.64 Å². The number of hydrogen-bond acceptors (Lipinski definition) is 2. The van der Waals surface area contributed by atoms with Gasteiger partial charge in [-0.15, -0.1) is 0 Å². The molecule has 1 heterocycles. The standard InChI is InChI=1S/C6H8N2S/c1-4-5(2)7-3-8-6(4)9/h3H,1-2H3,(H,7,8,9). The van der Waals surface area contributed by atoms with Crippen LogP contribution in [-0.2, 0) is 0 Å². The fraction of sp³-hybridized carbons (Fsp3) is 0.333. The zero-order valence-corrected chi connectivity index (χ0v) is 6.25. The van der Waals surface area contributed by atoms with E-state index in [1.54, 1.807) is 6.33 Å². The van der Waals surface area contributed by atoms with Crippen molar-refractivity contribution in [1.29, 1.82) is 0 Å². The van der Waals surface area contributed by atoms with E-state index in [2.05, 4.69) is 9.97 Å². The van der Waals surface area contributed by atoms with Crippen molar-refractivity contribution in [2.45, 2.75) is 13.8 Å². The topological polar surface area (TPSA) is 28.7 Å². The number of nitrogens with one attached hydrogen (secondary N) is 1. The first-order valence-corrected chi connectivity index (χ1v) is 3.13. The summed E-state index contributed by atoms with van der Waals surface area (Å²) in [7, 11) is 0. The second kappa shape index (κ2) is 2.27. The van der Waals surface area contributed by atoms with Gasteiger partial charge in [0.2, 0.25) is 0 Å². The average Bonchev–Trinajstić information content (AvgIpc) is 1.83. The molecule has 1 aromatic heterocycles. The molecule has 2 nitrogen and oxygen atoms in total. The van der Waals surface area contributed by atoms with Crippen molar-refractivity contribution < 1.29 is 0 Å². The van der Waals surface area contributed by atoms with Gasteiger partial charge in [-0.25, -0.2) is 4.98 Å². The summed E-state index contributed by atoms with van der Waals surface area (Å²) < 4.78 is 0.780. The van der Waals surface area contributed by atoms with Crippen molar-refractivity contribution in [3.05, 3.63) is 22.2 Å². The molecule has 0 unspecified atom stereocenters. The summed E-state index contributed by atoms with van der Waals surface area (Å²) in [6.45, 7) is 3.90. The molecule has 48 valence electrons. The molecule has 0 radical (unpaired) electrons. The third kappa shape index (κ3) is 1.16. The molecule has 1 N–H and O–H groups in total. The molecule has 0 amide bonds. The van der Waals surface area contributed by atoms with Crippen LogP contribution in [0.2, 0.25) is 0 Å². The predicted octanol–water partition coefficient (Wildman–Crippen LogP) is 1.76. The van der Waals surface area contributed by atoms with Crippen LogP contribution >= 0.6 is 12.2 Å². The summed E-state index contributed by atoms with van der Waals surface area (Å²) in [5, 5.41) is 0. The first-order chi connectivity index (χ1) is 4.22. The van der Waals surface area contributed by atoms with Crippen molar-refractivity contribution >= 4 is 12.2 Å². The molecule has 0 atom stereocenters. The molecule has 1 aromatic rings. The molecule has 1 rings (SSSR count). The maximum absolute atomic E-state index is 4.95. The van der Waals surface area contributed by atoms with Gasteiger partial charge in [-0.2, -0.15) is 0 Å². The van der Waals surface area contributed by atoms with Crippen LogP contribution in [0.5, 0.6) is 0 Å². The Kier molecular flexibility index (Phi) is 1.62. The van der Waals surface area contributed by atoms with Crippen LogP contribution < -0.4 is 0 Å². The highest BCUT2D eigenvalue weighted by Gasteiger charge is 1.91. The minimum Gasteiger partial charge on any atom is -0.337 e. The predicted molar refractivity (Wildman–Crippen MR) is 38.9 cm³/mol. The van der Waals surface area contributed by atoms with E-state index in [0.29, 0.717) is 0 Å². The van der Waals surface area contributed by atoms with Gasteiger partial charge < -0.3 is 4.98 Å². The number of rotatable bonds is 0. The lowest BCUT2D eigenvalue weighted by molar-refractivity contribution is 1.05. The maximum atomic E-state index is 4.95. The summed E-state index contributed by atoms with van der Waals surface area (Å²) in [4.78, 5) is 6.86. The first kappa shape index (κ1) is 6.42. The van der Waals surface area contributed by atoms with Gasteiger partial charge in [0, 0.05) is 11.3 Å². The van der Waals surface area contributed by atoms with Crippen molar-refractivity contribution in [2.75, 3.05) is 0 Å². The third-order valence-electron chi connectivity index (χ3n) is 1.34. The Bertz CT molecular complexity index is 264. The monoisotopic (exact) mass is 140 g/mol. The Morgan fingerprint density at radius 2 is 2.22 bits per heavy atom. The molecule has 3 heteroatoms. The Morgan fingerprint density at radius 1 is 1.56 bits per heavy atom. The van der Waals surface area contributed by atoms with Crippen molar-refractivity contribution in [2.24, 2.45) is 0 Å². The highest BCUT2D eigenvalue weighted by Crippen LogP contribution is 1.99. The lowest BCUT2D eigenvalue weighted by Crippen LogP contribution is -1.88. The second-order valence-electron chi connectivity index (χ2n) is 1.94. The van der Waals surface area contributed by atoms with Crippen molar-refractivity contribution in [1.82, 2.24) is 9.97 Å². The summed E-state index contributed by atoms with van der Waals surface area (Å²) in [6.07, 6.45) is 1.62. The number of aromatic nitrogens is 2. The lowest BCUT2D eigenvalue weighted by Gasteiger charge is -1.94. The van der Waals surface area contributed by atoms with Gasteiger partial charge in [-0.1, -0.05) is 12.2 Å². The molecule has 0 aliphatic carbocycles. The Hall–Kier alpha value is -0.700. The Morgan fingerprint density at radius 3 is 2.67 bits per heavy atom. The smallest absolute Gasteiger partial charge is 0.109 e. The van der Waals surface area contributed by atoms with Crippen LogP contribution in [0.25, 0.3) is 0 Å². The highest BCUT2D eigenvalue weighted by molar-refractivity contribution is 7.71. The number of H-pyrrole nitrogens is 1. The largest absolute Gasteiger partial charge is 0.337 e. The van der Waals surface area contributed by atoms with E-state index in [-0.39, 0.29) is 0 Å². The van der Waals surface area contributed by atoms with Gasteiger partial charge >= 0.3 is 0 Å². The van der Waals surface area contributed by atoms with Gasteiger partial charge in [0.05, 0.1) is 6.33 Å². The van der Waals surface area contributed by atoms with E-state index < -0.39 is 0 Å². The average molecular weight is 140 g/mol. The van der Waals surface area contributed by atoms with E-state index >= 15 is 0 Å². The van der Waals surface area contributed by atoms with E-state index in [4.69, 9.17) is 12.2 Å². The van der Waals surface area contributed by atoms with Crippen LogP contribution in [0.3, 0.4) is 0 Å². The number of aromatic amines is 1. The van der Waals surface area contributed by atoms with Gasteiger partial charge in [-0.05, 0) is 13.8 Å². The fourth-order valence-electron chi connectivity index (χ4n) is 0.557. The van der Waals surface area contributed by atoms with Gasteiger partial charge in [0.25, 0.3) is 0 Å². The SMILES string of the molecule is Cc1nc[nH]c(=S)c1C. The van der Waals surface area contributed by atoms with Crippen LogP contribution in [0.15, 0.2) is 6.33 Å². The van der Waals surface area contributed by atoms with E-state index in [1.165, 1.54) is 0 Å². The molecule has 0 spiro atoms. The molecular weight excluding hydrogens is 132 g/mol. The minimum absolute atomic E-state index is 0.780. The molecular formula is C6H8N2S. The van der Waals surface area contributed by atoms with Crippen LogP contribution in [0, 0.1) is 18.5 Å². The Balaban J connectivity index is 3.43. The third-order valence-corrected chi connectivity index (χ3v) is 1.76. The molecule has 0 saturated heterocycles. The van der Waals surface area contributed by atoms with Crippen LogP contribution in [0.4, 0.5) is 0 Å². The van der Waals surface area contributed by atoms with E-state index in [9.17, 15) is 0 Å². The van der Waals surface area contributed by atoms with Crippen LogP contribution in [-0.4, -0.2) is 9.97 Å². The molecule has 0 aromatic carbocycles. The fourth-order valence-corrected chi connectivity index (χ4v) is 0.758. The second-order valence-corrected chi connectivity index (χ2v) is 2.35. The van der Waals surface area contributed by atoms with E-state index in [1.807, 2.05) is 13.8 Å². The van der Waals surface area contributed by atoms with Crippen molar-refractivity contribution in [3.8, 4) is 0 Å². The summed E-state index contributed by atoms with van der Waals surface area (Å²) in [6, 6.07) is 0. The molecule has 9 heavy (non-hydrogen) atoms. The summed E-state index contributed by atoms with van der Waals surface area (Å²) in [5.41, 5.74) is 2.06. The molecule has 0 fully saturated rings. The highest BCUT2D eigenvalue weighted by atomic mass is 32.1. The number of aryl methyl sites for hydroxylation is 1. The quantitative estimate of drug-likeness (QED) is 0.556. The molecule has 0 bridgehead atoms. The van der Waals surface area contributed by atoms with Crippen LogP contribution in [0.1, 0.15) is 11.3 Å².